The van der Waals surface area contributed by atoms with E-state index in [1.165, 1.54) is 6.20 Å². The number of aromatic nitrogens is 4. The number of aryl methyl sites for hydroxylation is 1. The van der Waals surface area contributed by atoms with Gasteiger partial charge in [-0.05, 0) is 30.5 Å². The molecular weight excluding hydrogens is 338 g/mol. The second-order valence-electron chi connectivity index (χ2n) is 6.19. The summed E-state index contributed by atoms with van der Waals surface area (Å²) < 4.78 is 28.7. The molecule has 0 amide bonds. The van der Waals surface area contributed by atoms with Crippen molar-refractivity contribution in [3.05, 3.63) is 64.1 Å². The van der Waals surface area contributed by atoms with E-state index in [1.807, 2.05) is 6.07 Å². The number of halogens is 2. The summed E-state index contributed by atoms with van der Waals surface area (Å²) in [5.41, 5.74) is 1.12. The Balaban J connectivity index is 1.79. The summed E-state index contributed by atoms with van der Waals surface area (Å²) in [6, 6.07) is 7.08. The Hall–Kier alpha value is -3.14. The summed E-state index contributed by atoms with van der Waals surface area (Å²) >= 11 is 0. The largest absolute Gasteiger partial charge is 0.289 e. The first-order valence-electron chi connectivity index (χ1n) is 8.22. The molecule has 3 aromatic rings. The van der Waals surface area contributed by atoms with Gasteiger partial charge in [-0.2, -0.15) is 0 Å². The van der Waals surface area contributed by atoms with Crippen molar-refractivity contribution >= 4 is 11.0 Å². The van der Waals surface area contributed by atoms with Crippen molar-refractivity contribution < 1.29 is 8.78 Å². The first-order valence-corrected chi connectivity index (χ1v) is 8.22. The maximum absolute atomic E-state index is 13.8. The highest BCUT2D eigenvalue weighted by atomic mass is 19.3. The number of pyridine rings is 2. The minimum atomic E-state index is -2.90. The first-order chi connectivity index (χ1) is 12.5. The van der Waals surface area contributed by atoms with E-state index < -0.39 is 18.0 Å². The number of alkyl halides is 2. The van der Waals surface area contributed by atoms with Gasteiger partial charge in [0.1, 0.15) is 11.5 Å². The zero-order valence-corrected chi connectivity index (χ0v) is 13.7. The van der Waals surface area contributed by atoms with Crippen LogP contribution < -0.4 is 5.56 Å². The molecule has 0 atom stereocenters. The van der Waals surface area contributed by atoms with Crippen LogP contribution in [-0.4, -0.2) is 25.4 Å². The monoisotopic (exact) mass is 352 g/mol. The summed E-state index contributed by atoms with van der Waals surface area (Å²) in [6.45, 7) is -0.646. The molecule has 0 aromatic carbocycles. The van der Waals surface area contributed by atoms with Crippen LogP contribution in [0.5, 0.6) is 0 Å². The summed E-state index contributed by atoms with van der Waals surface area (Å²) in [7, 11) is 0. The number of nitrogens with zero attached hydrogens (tertiary/aromatic N) is 4. The smallest absolute Gasteiger partial charge is 0.280 e. The Kier molecular flexibility index (Phi) is 3.96. The van der Waals surface area contributed by atoms with Gasteiger partial charge in [0.2, 0.25) is 0 Å². The van der Waals surface area contributed by atoms with Crippen molar-refractivity contribution in [1.82, 2.24) is 19.5 Å². The number of fused-ring (bicyclic) bond motifs is 2. The molecule has 0 N–H and O–H groups in total. The highest BCUT2D eigenvalue weighted by Gasteiger charge is 2.33. The molecule has 7 heteroatoms. The second-order valence-corrected chi connectivity index (χ2v) is 6.19. The van der Waals surface area contributed by atoms with Crippen LogP contribution in [-0.2, 0) is 13.0 Å². The molecule has 26 heavy (non-hydrogen) atoms. The normalized spacial score (nSPS) is 15.6. The predicted molar refractivity (Wildman–Crippen MR) is 91.9 cm³/mol. The molecule has 0 aliphatic carbocycles. The van der Waals surface area contributed by atoms with E-state index in [0.717, 1.165) is 4.57 Å². The van der Waals surface area contributed by atoms with Gasteiger partial charge < -0.3 is 0 Å². The van der Waals surface area contributed by atoms with Crippen molar-refractivity contribution in [3.8, 4) is 11.8 Å². The fourth-order valence-electron chi connectivity index (χ4n) is 2.96. The van der Waals surface area contributed by atoms with E-state index in [1.54, 1.807) is 24.4 Å². The lowest BCUT2D eigenvalue weighted by atomic mass is 10.2. The zero-order chi connectivity index (χ0) is 18.1. The predicted octanol–water partition coefficient (Wildman–Crippen LogP) is 2.56. The van der Waals surface area contributed by atoms with Crippen LogP contribution in [0.2, 0.25) is 0 Å². The van der Waals surface area contributed by atoms with Crippen molar-refractivity contribution in [3.63, 3.8) is 0 Å². The van der Waals surface area contributed by atoms with E-state index in [9.17, 15) is 13.6 Å². The molecule has 0 fully saturated rings. The van der Waals surface area contributed by atoms with Gasteiger partial charge in [-0.15, -0.1) is 0 Å². The van der Waals surface area contributed by atoms with Gasteiger partial charge in [0, 0.05) is 30.8 Å². The number of hydrogen-bond acceptors (Lipinski definition) is 4. The lowest BCUT2D eigenvalue weighted by Crippen LogP contribution is -2.32. The quantitative estimate of drug-likeness (QED) is 0.584. The molecular formula is C19H14F2N4O. The van der Waals surface area contributed by atoms with Crippen LogP contribution in [0.3, 0.4) is 0 Å². The molecule has 4 heterocycles. The molecule has 4 rings (SSSR count). The van der Waals surface area contributed by atoms with Crippen LogP contribution in [0.1, 0.15) is 29.9 Å². The molecule has 130 valence electrons. The number of hydrogen-bond donors (Lipinski definition) is 0. The van der Waals surface area contributed by atoms with Crippen LogP contribution in [0.4, 0.5) is 8.78 Å². The topological polar surface area (TPSA) is 60.7 Å². The minimum absolute atomic E-state index is 0.0786. The maximum Gasteiger partial charge on any atom is 0.280 e. The van der Waals surface area contributed by atoms with Gasteiger partial charge in [0.05, 0.1) is 12.1 Å². The van der Waals surface area contributed by atoms with E-state index in [2.05, 4.69) is 26.8 Å². The van der Waals surface area contributed by atoms with E-state index in [-0.39, 0.29) is 18.4 Å². The summed E-state index contributed by atoms with van der Waals surface area (Å²) in [5, 5.41) is 0. The van der Waals surface area contributed by atoms with Crippen molar-refractivity contribution in [1.29, 1.82) is 0 Å². The summed E-state index contributed by atoms with van der Waals surface area (Å²) in [4.78, 5) is 25.2. The van der Waals surface area contributed by atoms with E-state index >= 15 is 0 Å². The third kappa shape index (κ3) is 3.18. The molecule has 0 radical (unpaired) electrons. The van der Waals surface area contributed by atoms with Gasteiger partial charge in [-0.1, -0.05) is 12.0 Å². The average Bonchev–Trinajstić information content (AvgIpc) is 2.78. The second kappa shape index (κ2) is 6.30. The molecule has 3 aromatic heterocycles. The molecule has 0 unspecified atom stereocenters. The summed E-state index contributed by atoms with van der Waals surface area (Å²) in [6.07, 6.45) is 3.47. The standard InChI is InChI=1S/C19H14F2N4O/c20-19(21)8-3-5-16-24-15-10-13(6-7-14-4-1-2-9-22-14)11-23-17(15)18(26)25(16)12-19/h1-2,4,9-11H,3,5,8,12H2. The van der Waals surface area contributed by atoms with Crippen molar-refractivity contribution in [2.45, 2.75) is 31.7 Å². The fourth-order valence-corrected chi connectivity index (χ4v) is 2.96. The van der Waals surface area contributed by atoms with Gasteiger partial charge in [-0.25, -0.2) is 23.7 Å². The van der Waals surface area contributed by atoms with Gasteiger partial charge >= 0.3 is 0 Å². The third-order valence-corrected chi connectivity index (χ3v) is 4.21. The Morgan fingerprint density at radius 1 is 1.19 bits per heavy atom. The lowest BCUT2D eigenvalue weighted by Gasteiger charge is -2.15. The molecule has 1 aliphatic rings. The summed E-state index contributed by atoms with van der Waals surface area (Å²) in [5.74, 6) is 3.31. The van der Waals surface area contributed by atoms with Gasteiger partial charge in [0.25, 0.3) is 11.5 Å². The Bertz CT molecular complexity index is 1100. The molecule has 1 aliphatic heterocycles. The van der Waals surface area contributed by atoms with Crippen molar-refractivity contribution in [2.24, 2.45) is 0 Å². The first kappa shape index (κ1) is 16.3. The average molecular weight is 352 g/mol. The highest BCUT2D eigenvalue weighted by Crippen LogP contribution is 2.27. The van der Waals surface area contributed by atoms with Gasteiger partial charge in [0.15, 0.2) is 5.52 Å². The Labute approximate surface area is 147 Å². The Morgan fingerprint density at radius 2 is 2.08 bits per heavy atom. The SMILES string of the molecule is O=c1c2ncc(C#Cc3ccccn3)cc2nc2n1CC(F)(F)CCC2. The van der Waals surface area contributed by atoms with Crippen LogP contribution in [0.15, 0.2) is 41.5 Å². The number of rotatable bonds is 0. The maximum atomic E-state index is 13.8. The molecule has 0 bridgehead atoms. The minimum Gasteiger partial charge on any atom is -0.289 e. The molecule has 0 spiro atoms. The lowest BCUT2D eigenvalue weighted by molar-refractivity contribution is -0.0228. The third-order valence-electron chi connectivity index (χ3n) is 4.21. The molecule has 5 nitrogen and oxygen atoms in total. The zero-order valence-electron chi connectivity index (χ0n) is 13.7. The molecule has 0 saturated heterocycles. The van der Waals surface area contributed by atoms with Crippen molar-refractivity contribution in [2.75, 3.05) is 0 Å². The van der Waals surface area contributed by atoms with Gasteiger partial charge in [-0.3, -0.25) is 9.36 Å². The highest BCUT2D eigenvalue weighted by molar-refractivity contribution is 5.74. The van der Waals surface area contributed by atoms with Crippen LogP contribution in [0, 0.1) is 11.8 Å². The van der Waals surface area contributed by atoms with E-state index in [0.29, 0.717) is 29.0 Å². The molecule has 0 saturated carbocycles. The Morgan fingerprint density at radius 3 is 2.88 bits per heavy atom. The van der Waals surface area contributed by atoms with Crippen LogP contribution >= 0.6 is 0 Å². The van der Waals surface area contributed by atoms with Crippen LogP contribution in [0.25, 0.3) is 11.0 Å². The van der Waals surface area contributed by atoms with E-state index in [4.69, 9.17) is 0 Å². The fraction of sp³-hybridized carbons (Fsp3) is 0.263.